The Balaban J connectivity index is 0.00000353. The molecule has 0 bridgehead atoms. The van der Waals surface area contributed by atoms with Gasteiger partial charge in [-0.25, -0.2) is 0 Å². The molecule has 2 heterocycles. The van der Waals surface area contributed by atoms with Crippen molar-refractivity contribution in [1.29, 1.82) is 0 Å². The van der Waals surface area contributed by atoms with Crippen LogP contribution in [0.25, 0.3) is 21.2 Å². The van der Waals surface area contributed by atoms with Gasteiger partial charge < -0.3 is 19.3 Å². The summed E-state index contributed by atoms with van der Waals surface area (Å²) in [5.74, 6) is 6.24. The summed E-state index contributed by atoms with van der Waals surface area (Å²) in [6, 6.07) is 20.3. The van der Waals surface area contributed by atoms with Crippen molar-refractivity contribution in [3.05, 3.63) is 82.7 Å². The van der Waals surface area contributed by atoms with Gasteiger partial charge in [0.1, 0.15) is 24.2 Å². The molecule has 1 aromatic heterocycles. The van der Waals surface area contributed by atoms with Gasteiger partial charge in [0.2, 0.25) is 0 Å². The van der Waals surface area contributed by atoms with E-state index in [2.05, 4.69) is 54.5 Å². The summed E-state index contributed by atoms with van der Waals surface area (Å²) in [5.41, 5.74) is 5.55. The molecule has 2 atom stereocenters. The van der Waals surface area contributed by atoms with E-state index in [-0.39, 0.29) is 31.9 Å². The van der Waals surface area contributed by atoms with Crippen molar-refractivity contribution >= 4 is 40.9 Å². The zero-order chi connectivity index (χ0) is 26.5. The van der Waals surface area contributed by atoms with Crippen LogP contribution in [0.1, 0.15) is 42.4 Å². The Hall–Kier alpha value is -3.44. The number of aryl methyl sites for hydroxylation is 1. The van der Waals surface area contributed by atoms with E-state index in [4.69, 9.17) is 19.3 Å². The third-order valence-corrected chi connectivity index (χ3v) is 7.67. The molecule has 202 valence electrons. The van der Waals surface area contributed by atoms with Gasteiger partial charge in [-0.3, -0.25) is 4.79 Å². The fraction of sp³-hybridized carbons (Fsp3) is 0.281. The van der Waals surface area contributed by atoms with Crippen molar-refractivity contribution < 1.29 is 24.1 Å². The monoisotopic (exact) mass is 560 g/mol. The van der Waals surface area contributed by atoms with Crippen LogP contribution in [-0.2, 0) is 16.1 Å². The average Bonchev–Trinajstić information content (AvgIpc) is 3.57. The van der Waals surface area contributed by atoms with Crippen LogP contribution in [-0.4, -0.2) is 30.4 Å². The standard InChI is InChI=1S/C32H30O5S.H2S/c1-3-4-24(17-32(33)34)23-6-8-25(9-7-23)36-18-22-5-12-31-29(16-22)30(20-38-31)28-11-10-26(15-21(28)2)37-27-13-14-35-19-27;/h5-12,15-16,20,24,27H,13-14,17-19H2,1-2H3,(H,33,34);1H2/t24-,27?;/m0./s1. The van der Waals surface area contributed by atoms with Crippen molar-refractivity contribution in [2.45, 2.75) is 45.3 Å². The quantitative estimate of drug-likeness (QED) is 0.217. The van der Waals surface area contributed by atoms with Gasteiger partial charge in [0.15, 0.2) is 0 Å². The molecule has 0 spiro atoms. The Morgan fingerprint density at radius 1 is 1.10 bits per heavy atom. The molecule has 39 heavy (non-hydrogen) atoms. The number of thiophene rings is 1. The Morgan fingerprint density at radius 3 is 2.59 bits per heavy atom. The summed E-state index contributed by atoms with van der Waals surface area (Å²) >= 11 is 1.74. The van der Waals surface area contributed by atoms with E-state index >= 15 is 0 Å². The first-order valence-electron chi connectivity index (χ1n) is 12.7. The molecule has 5 rings (SSSR count). The number of benzene rings is 3. The van der Waals surface area contributed by atoms with Crippen LogP contribution < -0.4 is 9.47 Å². The maximum atomic E-state index is 11.2. The minimum Gasteiger partial charge on any atom is -0.489 e. The summed E-state index contributed by atoms with van der Waals surface area (Å²) in [6.45, 7) is 5.71. The topological polar surface area (TPSA) is 65.0 Å². The molecule has 1 N–H and O–H groups in total. The number of fused-ring (bicyclic) bond motifs is 1. The number of ether oxygens (including phenoxy) is 3. The van der Waals surface area contributed by atoms with E-state index in [0.29, 0.717) is 13.2 Å². The van der Waals surface area contributed by atoms with Gasteiger partial charge in [-0.1, -0.05) is 30.2 Å². The van der Waals surface area contributed by atoms with Crippen molar-refractivity contribution in [3.8, 4) is 34.5 Å². The third kappa shape index (κ3) is 6.96. The molecule has 3 aromatic carbocycles. The molecule has 0 saturated carbocycles. The van der Waals surface area contributed by atoms with Gasteiger partial charge in [-0.05, 0) is 77.9 Å². The second-order valence-electron chi connectivity index (χ2n) is 9.46. The lowest BCUT2D eigenvalue weighted by atomic mass is 9.96. The van der Waals surface area contributed by atoms with Gasteiger partial charge >= 0.3 is 5.97 Å². The Kier molecular flexibility index (Phi) is 9.58. The number of carboxylic acids is 1. The molecule has 4 aromatic rings. The molecular weight excluding hydrogens is 528 g/mol. The second-order valence-corrected chi connectivity index (χ2v) is 10.4. The normalized spacial score (nSPS) is 15.2. The molecule has 1 aliphatic heterocycles. The highest BCUT2D eigenvalue weighted by Gasteiger charge is 2.18. The van der Waals surface area contributed by atoms with Crippen LogP contribution in [0.3, 0.4) is 0 Å². The van der Waals surface area contributed by atoms with Gasteiger partial charge in [-0.15, -0.1) is 17.3 Å². The van der Waals surface area contributed by atoms with E-state index in [1.165, 1.54) is 26.8 Å². The summed E-state index contributed by atoms with van der Waals surface area (Å²) in [6.07, 6.45) is 1.05. The van der Waals surface area contributed by atoms with Crippen LogP contribution in [0.2, 0.25) is 0 Å². The van der Waals surface area contributed by atoms with Crippen molar-refractivity contribution in [3.63, 3.8) is 0 Å². The van der Waals surface area contributed by atoms with Gasteiger partial charge in [0.25, 0.3) is 0 Å². The van der Waals surface area contributed by atoms with E-state index in [1.807, 2.05) is 30.3 Å². The zero-order valence-electron chi connectivity index (χ0n) is 22.0. The van der Waals surface area contributed by atoms with E-state index < -0.39 is 5.97 Å². The zero-order valence-corrected chi connectivity index (χ0v) is 23.8. The van der Waals surface area contributed by atoms with Gasteiger partial charge in [-0.2, -0.15) is 13.5 Å². The van der Waals surface area contributed by atoms with Crippen molar-refractivity contribution in [1.82, 2.24) is 0 Å². The summed E-state index contributed by atoms with van der Waals surface area (Å²) in [7, 11) is 0. The van der Waals surface area contributed by atoms with E-state index in [1.54, 1.807) is 18.3 Å². The number of hydrogen-bond acceptors (Lipinski definition) is 5. The lowest BCUT2D eigenvalue weighted by molar-refractivity contribution is -0.137. The largest absolute Gasteiger partial charge is 0.489 e. The van der Waals surface area contributed by atoms with Crippen LogP contribution in [0.5, 0.6) is 11.5 Å². The first kappa shape index (κ1) is 28.6. The predicted molar refractivity (Wildman–Crippen MR) is 161 cm³/mol. The van der Waals surface area contributed by atoms with Crippen LogP contribution in [0.4, 0.5) is 0 Å². The highest BCUT2D eigenvalue weighted by molar-refractivity contribution is 7.59. The van der Waals surface area contributed by atoms with Crippen LogP contribution >= 0.6 is 24.8 Å². The maximum Gasteiger partial charge on any atom is 0.304 e. The molecule has 1 unspecified atom stereocenters. The fourth-order valence-electron chi connectivity index (χ4n) is 4.75. The third-order valence-electron chi connectivity index (χ3n) is 6.70. The minimum absolute atomic E-state index is 0. The van der Waals surface area contributed by atoms with Crippen LogP contribution in [0, 0.1) is 18.8 Å². The molecule has 1 fully saturated rings. The maximum absolute atomic E-state index is 11.2. The first-order valence-corrected chi connectivity index (χ1v) is 13.6. The molecule has 1 saturated heterocycles. The fourth-order valence-corrected chi connectivity index (χ4v) is 5.69. The number of rotatable bonds is 9. The van der Waals surface area contributed by atoms with Gasteiger partial charge in [0, 0.05) is 22.1 Å². The summed E-state index contributed by atoms with van der Waals surface area (Å²) in [4.78, 5) is 11.2. The lowest BCUT2D eigenvalue weighted by Gasteiger charge is -2.14. The SMILES string of the molecule is CC#C[C@@H](CC(=O)O)c1ccc(OCc2ccc3scc(-c4ccc(OC5CCOC5)cc4C)c3c2)cc1.S. The van der Waals surface area contributed by atoms with E-state index in [9.17, 15) is 4.79 Å². The summed E-state index contributed by atoms with van der Waals surface area (Å²) < 4.78 is 18.8. The highest BCUT2D eigenvalue weighted by atomic mass is 32.1. The molecule has 1 aliphatic rings. The average molecular weight is 561 g/mol. The van der Waals surface area contributed by atoms with Crippen LogP contribution in [0.15, 0.2) is 66.0 Å². The molecule has 0 amide bonds. The number of carbonyl (C=O) groups is 1. The highest BCUT2D eigenvalue weighted by Crippen LogP contribution is 2.37. The Morgan fingerprint density at radius 2 is 1.90 bits per heavy atom. The molecule has 0 aliphatic carbocycles. The first-order chi connectivity index (χ1) is 18.5. The number of aliphatic carboxylic acids is 1. The number of carboxylic acid groups (broad SMARTS) is 1. The molecular formula is C32H32O5S2. The van der Waals surface area contributed by atoms with E-state index in [0.717, 1.165) is 35.7 Å². The predicted octanol–water partition coefficient (Wildman–Crippen LogP) is 7.32. The Labute approximate surface area is 240 Å². The lowest BCUT2D eigenvalue weighted by Crippen LogP contribution is -2.15. The number of hydrogen-bond donors (Lipinski definition) is 1. The Bertz CT molecular complexity index is 1490. The molecule has 0 radical (unpaired) electrons. The smallest absolute Gasteiger partial charge is 0.304 e. The summed E-state index contributed by atoms with van der Waals surface area (Å²) in [5, 5.41) is 12.6. The molecule has 7 heteroatoms. The van der Waals surface area contributed by atoms with Gasteiger partial charge in [0.05, 0.1) is 25.6 Å². The molecule has 5 nitrogen and oxygen atoms in total. The van der Waals surface area contributed by atoms with Crippen molar-refractivity contribution in [2.75, 3.05) is 13.2 Å². The van der Waals surface area contributed by atoms with Crippen molar-refractivity contribution in [2.24, 2.45) is 0 Å². The second kappa shape index (κ2) is 13.1. The minimum atomic E-state index is -0.861.